The average Bonchev–Trinajstić information content (AvgIpc) is 2.73. The van der Waals surface area contributed by atoms with Crippen molar-refractivity contribution in [2.45, 2.75) is 105 Å². The zero-order chi connectivity index (χ0) is 16.3. The van der Waals surface area contributed by atoms with E-state index < -0.39 is 0 Å². The van der Waals surface area contributed by atoms with Gasteiger partial charge in [0, 0.05) is 0 Å². The van der Waals surface area contributed by atoms with E-state index in [2.05, 4.69) is 27.7 Å². The minimum Gasteiger partial charge on any atom is -0.0596 e. The number of hydrogen-bond acceptors (Lipinski definition) is 0. The largest absolute Gasteiger partial charge is 0.0596 e. The molecule has 0 nitrogen and oxygen atoms in total. The smallest absolute Gasteiger partial charge is 0.0205 e. The van der Waals surface area contributed by atoms with Crippen molar-refractivity contribution in [2.75, 3.05) is 0 Å². The molecule has 0 heterocycles. The zero-order valence-electron chi connectivity index (χ0n) is 16.3. The molecule has 0 bridgehead atoms. The third-order valence-corrected chi connectivity index (χ3v) is 9.85. The first-order chi connectivity index (χ1) is 10.9. The molecule has 0 aliphatic heterocycles. The van der Waals surface area contributed by atoms with Crippen LogP contribution in [0.2, 0.25) is 0 Å². The Bertz CT molecular complexity index is 449. The topological polar surface area (TPSA) is 0 Å². The Kier molecular flexibility index (Phi) is 3.94. The lowest BCUT2D eigenvalue weighted by atomic mass is 9.46. The lowest BCUT2D eigenvalue weighted by molar-refractivity contribution is -0.101. The van der Waals surface area contributed by atoms with E-state index in [-0.39, 0.29) is 0 Å². The van der Waals surface area contributed by atoms with Crippen LogP contribution >= 0.6 is 0 Å². The Balaban J connectivity index is 1.79. The maximum atomic E-state index is 2.80. The van der Waals surface area contributed by atoms with E-state index in [0.29, 0.717) is 16.2 Å². The molecule has 0 saturated heterocycles. The van der Waals surface area contributed by atoms with Crippen LogP contribution < -0.4 is 0 Å². The van der Waals surface area contributed by atoms with E-state index in [0.717, 1.165) is 23.7 Å². The summed E-state index contributed by atoms with van der Waals surface area (Å²) in [7, 11) is 0. The molecule has 0 aromatic heterocycles. The van der Waals surface area contributed by atoms with Crippen molar-refractivity contribution in [3.05, 3.63) is 0 Å². The first-order valence-corrected chi connectivity index (χ1v) is 10.9. The lowest BCUT2D eigenvalue weighted by Gasteiger charge is -2.59. The molecule has 4 aliphatic rings. The Morgan fingerprint density at radius 2 is 1.22 bits per heavy atom. The van der Waals surface area contributed by atoms with Gasteiger partial charge >= 0.3 is 0 Å². The molecule has 4 aliphatic carbocycles. The van der Waals surface area contributed by atoms with E-state index in [1.165, 1.54) is 57.8 Å². The molecule has 4 fully saturated rings. The second kappa shape index (κ2) is 5.50. The summed E-state index contributed by atoms with van der Waals surface area (Å²) >= 11 is 0. The highest BCUT2D eigenvalue weighted by Crippen LogP contribution is 2.74. The van der Waals surface area contributed by atoms with Gasteiger partial charge < -0.3 is 0 Å². The van der Waals surface area contributed by atoms with Crippen LogP contribution in [0.25, 0.3) is 0 Å². The highest BCUT2D eigenvalue weighted by Gasteiger charge is 2.67. The van der Waals surface area contributed by atoms with Crippen LogP contribution in [-0.4, -0.2) is 0 Å². The first kappa shape index (κ1) is 16.5. The molecule has 0 aromatic rings. The molecular formula is C23H40. The van der Waals surface area contributed by atoms with Gasteiger partial charge in [0.25, 0.3) is 0 Å². The molecule has 0 aromatic carbocycles. The van der Waals surface area contributed by atoms with Crippen LogP contribution in [0.1, 0.15) is 105 Å². The summed E-state index contributed by atoms with van der Waals surface area (Å²) in [4.78, 5) is 0. The molecule has 0 heteroatoms. The lowest BCUT2D eigenvalue weighted by Crippen LogP contribution is -2.52. The minimum atomic E-state index is 0.574. The molecule has 4 saturated carbocycles. The summed E-state index contributed by atoms with van der Waals surface area (Å²) in [5.41, 5.74) is 1.83. The number of rotatable bonds is 1. The number of fused-ring (bicyclic) bond motifs is 3. The molecule has 0 spiro atoms. The van der Waals surface area contributed by atoms with Crippen molar-refractivity contribution < 1.29 is 0 Å². The third kappa shape index (κ3) is 2.15. The standard InChI is InChI=1S/C23H40/c1-21(2)15-9-8-14-20(21)23(4)19-13-6-5-11-17(19)18-12-7-10-16-22(18,23)3/h17-20H,5-16H2,1-4H3. The quantitative estimate of drug-likeness (QED) is 0.479. The minimum absolute atomic E-state index is 0.574. The van der Waals surface area contributed by atoms with Crippen LogP contribution in [0.5, 0.6) is 0 Å². The van der Waals surface area contributed by atoms with E-state index in [9.17, 15) is 0 Å². The van der Waals surface area contributed by atoms with Crippen LogP contribution in [-0.2, 0) is 0 Å². The van der Waals surface area contributed by atoms with E-state index >= 15 is 0 Å². The third-order valence-electron chi connectivity index (χ3n) is 9.85. The summed E-state index contributed by atoms with van der Waals surface area (Å²) < 4.78 is 0. The van der Waals surface area contributed by atoms with Gasteiger partial charge in [-0.3, -0.25) is 0 Å². The van der Waals surface area contributed by atoms with Gasteiger partial charge in [0.2, 0.25) is 0 Å². The van der Waals surface area contributed by atoms with Crippen LogP contribution in [0.3, 0.4) is 0 Å². The van der Waals surface area contributed by atoms with Crippen LogP contribution in [0.15, 0.2) is 0 Å². The molecule has 0 N–H and O–H groups in total. The maximum absolute atomic E-state index is 2.80. The molecule has 132 valence electrons. The molecule has 6 atom stereocenters. The predicted molar refractivity (Wildman–Crippen MR) is 99.4 cm³/mol. The maximum Gasteiger partial charge on any atom is -0.0205 e. The van der Waals surface area contributed by atoms with Crippen molar-refractivity contribution >= 4 is 0 Å². The molecule has 0 radical (unpaired) electrons. The molecule has 4 rings (SSSR count). The first-order valence-electron chi connectivity index (χ1n) is 10.9. The van der Waals surface area contributed by atoms with Gasteiger partial charge in [0.1, 0.15) is 0 Å². The van der Waals surface area contributed by atoms with Crippen LogP contribution in [0, 0.1) is 39.9 Å². The monoisotopic (exact) mass is 316 g/mol. The van der Waals surface area contributed by atoms with Crippen molar-refractivity contribution in [2.24, 2.45) is 39.9 Å². The van der Waals surface area contributed by atoms with Crippen molar-refractivity contribution in [3.63, 3.8) is 0 Å². The Labute approximate surface area is 145 Å². The van der Waals surface area contributed by atoms with Crippen LogP contribution in [0.4, 0.5) is 0 Å². The van der Waals surface area contributed by atoms with E-state index in [4.69, 9.17) is 0 Å². The van der Waals surface area contributed by atoms with Crippen molar-refractivity contribution in [3.8, 4) is 0 Å². The highest BCUT2D eigenvalue weighted by molar-refractivity contribution is 5.16. The van der Waals surface area contributed by atoms with Gasteiger partial charge in [-0.1, -0.05) is 66.2 Å². The molecule has 6 unspecified atom stereocenters. The normalized spacial score (nSPS) is 52.7. The second-order valence-electron chi connectivity index (χ2n) is 10.9. The van der Waals surface area contributed by atoms with Gasteiger partial charge in [-0.05, 0) is 78.4 Å². The zero-order valence-corrected chi connectivity index (χ0v) is 16.3. The highest BCUT2D eigenvalue weighted by atomic mass is 14.7. The Morgan fingerprint density at radius 1 is 0.609 bits per heavy atom. The molecule has 23 heavy (non-hydrogen) atoms. The van der Waals surface area contributed by atoms with Gasteiger partial charge in [-0.15, -0.1) is 0 Å². The summed E-state index contributed by atoms with van der Waals surface area (Å²) in [5.74, 6) is 4.16. The predicted octanol–water partition coefficient (Wildman–Crippen LogP) is 7.23. The fourth-order valence-electron chi connectivity index (χ4n) is 8.79. The van der Waals surface area contributed by atoms with Gasteiger partial charge in [0.05, 0.1) is 0 Å². The fraction of sp³-hybridized carbons (Fsp3) is 1.00. The molecular weight excluding hydrogens is 276 g/mol. The fourth-order valence-corrected chi connectivity index (χ4v) is 8.79. The molecule has 0 amide bonds. The summed E-state index contributed by atoms with van der Waals surface area (Å²) in [6.45, 7) is 10.8. The average molecular weight is 317 g/mol. The van der Waals surface area contributed by atoms with E-state index in [1.54, 1.807) is 19.3 Å². The number of hydrogen-bond donors (Lipinski definition) is 0. The summed E-state index contributed by atoms with van der Waals surface area (Å²) in [5, 5.41) is 0. The SMILES string of the molecule is CC1(C)CCCCC1C1(C)C2CCCCC2C2CCCCC21C. The Morgan fingerprint density at radius 3 is 2.00 bits per heavy atom. The van der Waals surface area contributed by atoms with Crippen molar-refractivity contribution in [1.29, 1.82) is 0 Å². The van der Waals surface area contributed by atoms with E-state index in [1.807, 2.05) is 0 Å². The van der Waals surface area contributed by atoms with Crippen molar-refractivity contribution in [1.82, 2.24) is 0 Å². The second-order valence-corrected chi connectivity index (χ2v) is 10.9. The summed E-state index contributed by atoms with van der Waals surface area (Å²) in [6, 6.07) is 0. The summed E-state index contributed by atoms with van der Waals surface area (Å²) in [6.07, 6.45) is 18.3. The van der Waals surface area contributed by atoms with Gasteiger partial charge in [-0.2, -0.15) is 0 Å². The van der Waals surface area contributed by atoms with Gasteiger partial charge in [0.15, 0.2) is 0 Å². The Hall–Kier alpha value is 0. The van der Waals surface area contributed by atoms with Gasteiger partial charge in [-0.25, -0.2) is 0 Å².